The van der Waals surface area contributed by atoms with Crippen LogP contribution >= 0.6 is 0 Å². The molecule has 220 valence electrons. The van der Waals surface area contributed by atoms with Gasteiger partial charge in [0.15, 0.2) is 5.82 Å². The van der Waals surface area contributed by atoms with E-state index in [1.807, 2.05) is 18.2 Å². The van der Waals surface area contributed by atoms with Crippen molar-refractivity contribution < 1.29 is 23.5 Å². The summed E-state index contributed by atoms with van der Waals surface area (Å²) in [4.78, 5) is 31.8. The van der Waals surface area contributed by atoms with Crippen molar-refractivity contribution in [3.8, 4) is 5.75 Å². The first-order chi connectivity index (χ1) is 20.5. The monoisotopic (exact) mass is 575 g/mol. The van der Waals surface area contributed by atoms with Crippen molar-refractivity contribution in [3.05, 3.63) is 72.8 Å². The lowest BCUT2D eigenvalue weighted by Gasteiger charge is -2.43. The smallest absolute Gasteiger partial charge is 0.247 e. The molecule has 3 saturated heterocycles. The molecule has 0 unspecified atom stereocenters. The molecule has 1 aromatic heterocycles. The first-order valence-corrected chi connectivity index (χ1v) is 14.0. The predicted octanol–water partition coefficient (Wildman–Crippen LogP) is 3.90. The quantitative estimate of drug-likeness (QED) is 0.365. The van der Waals surface area contributed by atoms with E-state index in [2.05, 4.69) is 37.0 Å². The van der Waals surface area contributed by atoms with Crippen molar-refractivity contribution in [2.24, 2.45) is 0 Å². The Balaban J connectivity index is 1.25. The minimum atomic E-state index is -0.309. The van der Waals surface area contributed by atoms with Crippen molar-refractivity contribution in [2.45, 2.75) is 18.5 Å². The zero-order valence-corrected chi connectivity index (χ0v) is 23.5. The molecule has 0 aliphatic carbocycles. The average molecular weight is 576 g/mol. The second-order valence-corrected chi connectivity index (χ2v) is 10.4. The Bertz CT molecular complexity index is 1440. The molecule has 3 aliphatic heterocycles. The number of rotatable bonds is 9. The van der Waals surface area contributed by atoms with Crippen LogP contribution in [0.4, 0.5) is 33.1 Å². The maximum absolute atomic E-state index is 13.9. The van der Waals surface area contributed by atoms with Gasteiger partial charge < -0.3 is 25.0 Å². The van der Waals surface area contributed by atoms with Crippen LogP contribution < -0.4 is 25.3 Å². The van der Waals surface area contributed by atoms with E-state index in [0.29, 0.717) is 47.8 Å². The molecule has 3 fully saturated rings. The molecule has 3 aliphatic rings. The van der Waals surface area contributed by atoms with Crippen LogP contribution in [-0.2, 0) is 14.4 Å². The van der Waals surface area contributed by atoms with Gasteiger partial charge in [0.1, 0.15) is 23.7 Å². The molecule has 4 heterocycles. The third-order valence-corrected chi connectivity index (χ3v) is 7.83. The van der Waals surface area contributed by atoms with E-state index in [4.69, 9.17) is 14.3 Å². The van der Waals surface area contributed by atoms with Gasteiger partial charge in [0, 0.05) is 44.7 Å². The molecule has 1 atom stereocenters. The summed E-state index contributed by atoms with van der Waals surface area (Å²) in [5, 5.41) is 7.96. The molecule has 1 amide bonds. The Kier molecular flexibility index (Phi) is 8.17. The number of halogens is 1. The van der Waals surface area contributed by atoms with E-state index in [0.717, 1.165) is 50.6 Å². The highest BCUT2D eigenvalue weighted by Gasteiger charge is 2.31. The van der Waals surface area contributed by atoms with Gasteiger partial charge in [-0.3, -0.25) is 14.5 Å². The number of hydrogen-bond donors (Lipinski definition) is 2. The second kappa shape index (κ2) is 12.3. The van der Waals surface area contributed by atoms with Crippen LogP contribution in [0, 0.1) is 5.82 Å². The van der Waals surface area contributed by atoms with Gasteiger partial charge in [-0.25, -0.2) is 19.4 Å². The van der Waals surface area contributed by atoms with E-state index in [1.54, 1.807) is 24.3 Å². The van der Waals surface area contributed by atoms with E-state index in [-0.39, 0.29) is 17.8 Å². The van der Waals surface area contributed by atoms with Crippen LogP contribution in [0.5, 0.6) is 5.75 Å². The molecular weight excluding hydrogens is 541 g/mol. The molecule has 3 aromatic rings. The number of ether oxygens (including phenoxy) is 2. The molecule has 12 heteroatoms. The third kappa shape index (κ3) is 5.87. The number of hydrogen-bond acceptors (Lipinski definition) is 10. The van der Waals surface area contributed by atoms with Gasteiger partial charge in [-0.1, -0.05) is 18.7 Å². The summed E-state index contributed by atoms with van der Waals surface area (Å²) in [6.45, 7) is 9.09. The van der Waals surface area contributed by atoms with Crippen molar-refractivity contribution in [2.75, 3.05) is 73.7 Å². The Morgan fingerprint density at radius 1 is 1.12 bits per heavy atom. The van der Waals surface area contributed by atoms with Crippen LogP contribution in [0.1, 0.15) is 18.0 Å². The van der Waals surface area contributed by atoms with E-state index in [1.165, 1.54) is 24.5 Å². The topological polar surface area (TPSA) is 104 Å². The van der Waals surface area contributed by atoms with E-state index >= 15 is 0 Å². The van der Waals surface area contributed by atoms with Crippen molar-refractivity contribution in [1.82, 2.24) is 14.9 Å². The Morgan fingerprint density at radius 2 is 1.95 bits per heavy atom. The van der Waals surface area contributed by atoms with Crippen LogP contribution in [0.2, 0.25) is 0 Å². The zero-order valence-electron chi connectivity index (χ0n) is 23.5. The van der Waals surface area contributed by atoms with Gasteiger partial charge in [-0.05, 0) is 29.8 Å². The number of anilines is 5. The van der Waals surface area contributed by atoms with Gasteiger partial charge in [-0.2, -0.15) is 0 Å². The summed E-state index contributed by atoms with van der Waals surface area (Å²) in [6, 6.07) is 12.3. The Morgan fingerprint density at radius 3 is 2.67 bits per heavy atom. The van der Waals surface area contributed by atoms with Gasteiger partial charge >= 0.3 is 0 Å². The SMILES string of the molecule is C=CC(=O)Nc1cc(Nc2cc(N3OCC[C@@H]3c3cccc(F)c3)ncn2)c(OC)cc1N1CCN(C2COC2)CC1. The highest BCUT2D eigenvalue weighted by molar-refractivity contribution is 6.02. The summed E-state index contributed by atoms with van der Waals surface area (Å²) in [5.41, 5.74) is 2.91. The number of nitrogens with one attached hydrogen (secondary N) is 2. The summed E-state index contributed by atoms with van der Waals surface area (Å²) in [7, 11) is 1.61. The van der Waals surface area contributed by atoms with Gasteiger partial charge in [-0.15, -0.1) is 0 Å². The highest BCUT2D eigenvalue weighted by atomic mass is 19.1. The maximum Gasteiger partial charge on any atom is 0.247 e. The molecule has 2 aromatic carbocycles. The number of nitrogens with zero attached hydrogens (tertiary/aromatic N) is 5. The van der Waals surface area contributed by atoms with Gasteiger partial charge in [0.2, 0.25) is 5.91 Å². The van der Waals surface area contributed by atoms with Gasteiger partial charge in [0.25, 0.3) is 0 Å². The van der Waals surface area contributed by atoms with Crippen LogP contribution in [0.15, 0.2) is 61.4 Å². The average Bonchev–Trinajstić information content (AvgIpc) is 3.47. The van der Waals surface area contributed by atoms with Gasteiger partial charge in [0.05, 0.1) is 56.1 Å². The number of carbonyl (C=O) groups excluding carboxylic acids is 1. The Hall–Kier alpha value is -4.26. The number of aromatic nitrogens is 2. The lowest BCUT2D eigenvalue weighted by molar-refractivity contribution is -0.111. The molecule has 0 saturated carbocycles. The van der Waals surface area contributed by atoms with Crippen LogP contribution in [0.25, 0.3) is 0 Å². The Labute approximate surface area is 243 Å². The minimum Gasteiger partial charge on any atom is -0.494 e. The predicted molar refractivity (Wildman–Crippen MR) is 158 cm³/mol. The largest absolute Gasteiger partial charge is 0.494 e. The van der Waals surface area contributed by atoms with Crippen molar-refractivity contribution in [3.63, 3.8) is 0 Å². The van der Waals surface area contributed by atoms with Crippen LogP contribution in [-0.4, -0.2) is 79.9 Å². The fourth-order valence-corrected chi connectivity index (χ4v) is 5.53. The number of carbonyl (C=O) groups is 1. The number of hydroxylamine groups is 1. The zero-order chi connectivity index (χ0) is 29.1. The number of benzene rings is 2. The minimum absolute atomic E-state index is 0.185. The van der Waals surface area contributed by atoms with E-state index in [9.17, 15) is 9.18 Å². The fourth-order valence-electron chi connectivity index (χ4n) is 5.53. The second-order valence-electron chi connectivity index (χ2n) is 10.4. The maximum atomic E-state index is 13.9. The molecule has 42 heavy (non-hydrogen) atoms. The third-order valence-electron chi connectivity index (χ3n) is 7.83. The lowest BCUT2D eigenvalue weighted by Crippen LogP contribution is -2.56. The fraction of sp³-hybridized carbons (Fsp3) is 0.367. The van der Waals surface area contributed by atoms with E-state index < -0.39 is 0 Å². The van der Waals surface area contributed by atoms with Crippen molar-refractivity contribution >= 4 is 34.6 Å². The number of amides is 1. The summed E-state index contributed by atoms with van der Waals surface area (Å²) >= 11 is 0. The summed E-state index contributed by atoms with van der Waals surface area (Å²) in [6.07, 6.45) is 3.38. The lowest BCUT2D eigenvalue weighted by atomic mass is 10.0. The normalized spacial score (nSPS) is 19.3. The number of piperazine rings is 1. The highest BCUT2D eigenvalue weighted by Crippen LogP contribution is 2.40. The molecule has 0 spiro atoms. The molecule has 6 rings (SSSR count). The molecule has 2 N–H and O–H groups in total. The van der Waals surface area contributed by atoms with Crippen molar-refractivity contribution in [1.29, 1.82) is 0 Å². The first-order valence-electron chi connectivity index (χ1n) is 14.0. The molecule has 0 radical (unpaired) electrons. The first kappa shape index (κ1) is 27.9. The number of methoxy groups -OCH3 is 1. The summed E-state index contributed by atoms with van der Waals surface area (Å²) < 4.78 is 25.1. The molecule has 11 nitrogen and oxygen atoms in total. The standard InChI is InChI=1S/C30H34FN7O4/c1-3-30(39)35-23-14-24(27(40-2)15-26(23)37-10-8-36(9-11-37)22-17-41-18-22)34-28-16-29(33-19-32-28)38-25(7-12-42-38)20-5-4-6-21(31)13-20/h3-6,13-16,19,22,25H,1,7-12,17-18H2,2H3,(H,35,39)(H,32,33,34)/t25-/m1/s1. The molecular formula is C30H34FN7O4. The molecule has 0 bridgehead atoms. The summed E-state index contributed by atoms with van der Waals surface area (Å²) in [5.74, 6) is 1.01. The van der Waals surface area contributed by atoms with Crippen LogP contribution in [0.3, 0.4) is 0 Å².